The molecular formula is C19H21BrClN3OSi. The second-order valence-electron chi connectivity index (χ2n) is 7.72. The van der Waals surface area contributed by atoms with Gasteiger partial charge < -0.3 is 4.43 Å². The quantitative estimate of drug-likeness (QED) is 0.463. The molecule has 0 saturated carbocycles. The summed E-state index contributed by atoms with van der Waals surface area (Å²) in [6.45, 7) is 10.6. The van der Waals surface area contributed by atoms with Crippen molar-refractivity contribution >= 4 is 48.2 Å². The number of nitrogens with zero attached hydrogens (tertiary/aromatic N) is 3. The zero-order valence-electron chi connectivity index (χ0n) is 15.5. The first-order valence-corrected chi connectivity index (χ1v) is 10.4. The molecule has 0 bridgehead atoms. The first kappa shape index (κ1) is 19.5. The highest BCUT2D eigenvalue weighted by molar-refractivity contribution is 9.10. The molecule has 7 heteroatoms. The molecule has 0 fully saturated rings. The Kier molecular flexibility index (Phi) is 5.32. The zero-order valence-corrected chi connectivity index (χ0v) is 18.8. The summed E-state index contributed by atoms with van der Waals surface area (Å²) in [6.07, 6.45) is 1.76. The summed E-state index contributed by atoms with van der Waals surface area (Å²) in [6, 6.07) is 9.77. The highest BCUT2D eigenvalue weighted by atomic mass is 79.9. The van der Waals surface area contributed by atoms with Gasteiger partial charge in [0.15, 0.2) is 5.82 Å². The molecule has 0 aliphatic carbocycles. The van der Waals surface area contributed by atoms with Crippen LogP contribution in [0.2, 0.25) is 10.1 Å². The van der Waals surface area contributed by atoms with Crippen LogP contribution in [0.3, 0.4) is 0 Å². The molecule has 0 N–H and O–H groups in total. The summed E-state index contributed by atoms with van der Waals surface area (Å²) in [5.74, 6) is 0.738. The minimum Gasteiger partial charge on any atom is -0.406 e. The Labute approximate surface area is 170 Å². The van der Waals surface area contributed by atoms with Crippen LogP contribution in [0.4, 0.5) is 0 Å². The topological polar surface area (TPSA) is 39.9 Å². The minimum absolute atomic E-state index is 0.121. The molecule has 4 nitrogen and oxygen atoms in total. The predicted octanol–water partition coefficient (Wildman–Crippen LogP) is 5.93. The lowest BCUT2D eigenvalue weighted by molar-refractivity contribution is 0.104. The van der Waals surface area contributed by atoms with E-state index in [2.05, 4.69) is 41.8 Å². The van der Waals surface area contributed by atoms with E-state index in [-0.39, 0.29) is 5.04 Å². The van der Waals surface area contributed by atoms with E-state index >= 15 is 0 Å². The average molecular weight is 451 g/mol. The molecule has 136 valence electrons. The number of pyridine rings is 1. The molecular weight excluding hydrogens is 430 g/mol. The third-order valence-electron chi connectivity index (χ3n) is 3.78. The van der Waals surface area contributed by atoms with Gasteiger partial charge in [-0.2, -0.15) is 5.10 Å². The molecule has 0 aliphatic heterocycles. The van der Waals surface area contributed by atoms with Crippen molar-refractivity contribution < 1.29 is 4.43 Å². The predicted molar refractivity (Wildman–Crippen MR) is 111 cm³/mol. The van der Waals surface area contributed by atoms with E-state index in [9.17, 15) is 0 Å². The van der Waals surface area contributed by atoms with Gasteiger partial charge in [0, 0.05) is 9.86 Å². The monoisotopic (exact) mass is 449 g/mol. The second kappa shape index (κ2) is 7.07. The molecule has 0 saturated heterocycles. The Morgan fingerprint density at radius 3 is 2.58 bits per heavy atom. The highest BCUT2D eigenvalue weighted by Crippen LogP contribution is 2.31. The van der Waals surface area contributed by atoms with Crippen LogP contribution >= 0.6 is 27.5 Å². The molecule has 0 unspecified atom stereocenters. The van der Waals surface area contributed by atoms with Crippen molar-refractivity contribution in [3.63, 3.8) is 0 Å². The Balaban J connectivity index is 2.00. The molecule has 2 heterocycles. The maximum absolute atomic E-state index is 6.33. The van der Waals surface area contributed by atoms with Crippen LogP contribution in [0.1, 0.15) is 40.3 Å². The van der Waals surface area contributed by atoms with E-state index < -0.39 is 5.60 Å². The molecule has 3 rings (SSSR count). The Hall–Kier alpha value is -1.21. The lowest BCUT2D eigenvalue weighted by atomic mass is 10.1. The van der Waals surface area contributed by atoms with Crippen LogP contribution in [0.5, 0.6) is 0 Å². The smallest absolute Gasteiger partial charge is 0.237 e. The first-order chi connectivity index (χ1) is 12.1. The van der Waals surface area contributed by atoms with Crippen molar-refractivity contribution in [3.05, 3.63) is 51.7 Å². The third-order valence-corrected chi connectivity index (χ3v) is 5.78. The maximum Gasteiger partial charge on any atom is 0.237 e. The SMILES string of the molecule is CC(C)(C)[Si]OC(C)(C)c1cccc(-n2ncc3c(Cl)cc(Br)cc32)n1. The van der Waals surface area contributed by atoms with Gasteiger partial charge in [0.1, 0.15) is 0 Å². The van der Waals surface area contributed by atoms with Gasteiger partial charge in [0.25, 0.3) is 0 Å². The standard InChI is InChI=1S/C19H21BrClN3OSi/c1-18(2,3)26-25-19(4,5)16-7-6-8-17(23-16)24-15-10-12(20)9-14(21)13(15)11-22-24/h6-11H,1-5H3. The number of hydrogen-bond acceptors (Lipinski definition) is 3. The Morgan fingerprint density at radius 2 is 1.88 bits per heavy atom. The van der Waals surface area contributed by atoms with Gasteiger partial charge >= 0.3 is 0 Å². The number of halogens is 2. The van der Waals surface area contributed by atoms with Gasteiger partial charge in [-0.3, -0.25) is 0 Å². The molecule has 26 heavy (non-hydrogen) atoms. The van der Waals surface area contributed by atoms with Crippen LogP contribution in [0, 0.1) is 0 Å². The third kappa shape index (κ3) is 4.19. The number of fused-ring (bicyclic) bond motifs is 1. The zero-order chi connectivity index (χ0) is 19.1. The molecule has 0 atom stereocenters. The molecule has 2 aromatic heterocycles. The van der Waals surface area contributed by atoms with Crippen molar-refractivity contribution in [2.45, 2.75) is 45.3 Å². The normalized spacial score (nSPS) is 12.7. The second-order valence-corrected chi connectivity index (χ2v) is 11.0. The number of aromatic nitrogens is 3. The van der Waals surface area contributed by atoms with Crippen LogP contribution in [0.15, 0.2) is 41.0 Å². The van der Waals surface area contributed by atoms with Gasteiger partial charge in [0.05, 0.1) is 28.0 Å². The number of hydrogen-bond donors (Lipinski definition) is 0. The van der Waals surface area contributed by atoms with Gasteiger partial charge in [-0.25, -0.2) is 9.67 Å². The lowest BCUT2D eigenvalue weighted by Gasteiger charge is -2.29. The summed E-state index contributed by atoms with van der Waals surface area (Å²) < 4.78 is 8.89. The van der Waals surface area contributed by atoms with Gasteiger partial charge in [0.2, 0.25) is 9.76 Å². The van der Waals surface area contributed by atoms with E-state index in [4.69, 9.17) is 21.0 Å². The first-order valence-electron chi connectivity index (χ1n) is 8.33. The van der Waals surface area contributed by atoms with E-state index in [1.165, 1.54) is 0 Å². The van der Waals surface area contributed by atoms with Crippen molar-refractivity contribution in [2.75, 3.05) is 0 Å². The summed E-state index contributed by atoms with van der Waals surface area (Å²) in [4.78, 5) is 4.82. The van der Waals surface area contributed by atoms with Gasteiger partial charge in [-0.1, -0.05) is 54.4 Å². The van der Waals surface area contributed by atoms with E-state index in [1.807, 2.05) is 44.2 Å². The van der Waals surface area contributed by atoms with E-state index in [1.54, 1.807) is 10.9 Å². The van der Waals surface area contributed by atoms with Gasteiger partial charge in [-0.05, 0) is 43.2 Å². The van der Waals surface area contributed by atoms with Crippen molar-refractivity contribution in [3.8, 4) is 5.82 Å². The molecule has 2 radical (unpaired) electrons. The van der Waals surface area contributed by atoms with Crippen molar-refractivity contribution in [1.82, 2.24) is 14.8 Å². The molecule has 1 aromatic carbocycles. The number of rotatable bonds is 4. The van der Waals surface area contributed by atoms with Crippen LogP contribution in [0.25, 0.3) is 16.7 Å². The van der Waals surface area contributed by atoms with Gasteiger partial charge in [-0.15, -0.1) is 0 Å². The van der Waals surface area contributed by atoms with Crippen LogP contribution in [-0.4, -0.2) is 24.5 Å². The molecule has 3 aromatic rings. The van der Waals surface area contributed by atoms with Crippen LogP contribution in [-0.2, 0) is 10.0 Å². The summed E-state index contributed by atoms with van der Waals surface area (Å²) in [7, 11) is 0.383. The maximum atomic E-state index is 6.33. The summed E-state index contributed by atoms with van der Waals surface area (Å²) in [5, 5.41) is 6.16. The fourth-order valence-corrected chi connectivity index (χ4v) is 3.95. The Morgan fingerprint density at radius 1 is 1.15 bits per heavy atom. The highest BCUT2D eigenvalue weighted by Gasteiger charge is 2.27. The average Bonchev–Trinajstić information content (AvgIpc) is 2.97. The molecule has 0 aliphatic rings. The van der Waals surface area contributed by atoms with E-state index in [0.29, 0.717) is 14.8 Å². The number of benzene rings is 1. The lowest BCUT2D eigenvalue weighted by Crippen LogP contribution is -2.28. The van der Waals surface area contributed by atoms with E-state index in [0.717, 1.165) is 26.9 Å². The summed E-state index contributed by atoms with van der Waals surface area (Å²) in [5.41, 5.74) is 1.30. The fourth-order valence-electron chi connectivity index (χ4n) is 2.44. The Bertz CT molecular complexity index is 950. The van der Waals surface area contributed by atoms with Crippen molar-refractivity contribution in [1.29, 1.82) is 0 Å². The van der Waals surface area contributed by atoms with Crippen LogP contribution < -0.4 is 0 Å². The molecule has 0 amide bonds. The molecule has 0 spiro atoms. The summed E-state index contributed by atoms with van der Waals surface area (Å²) >= 11 is 9.82. The van der Waals surface area contributed by atoms with Crippen molar-refractivity contribution in [2.24, 2.45) is 0 Å². The minimum atomic E-state index is -0.483. The largest absolute Gasteiger partial charge is 0.406 e. The fraction of sp³-hybridized carbons (Fsp3) is 0.368.